The summed E-state index contributed by atoms with van der Waals surface area (Å²) in [5.41, 5.74) is 9.45. The number of anilines is 2. The molecule has 0 amide bonds. The quantitative estimate of drug-likeness (QED) is 0.195. The summed E-state index contributed by atoms with van der Waals surface area (Å²) in [4.78, 5) is 0. The first-order chi connectivity index (χ1) is 23.3. The first-order valence-electron chi connectivity index (χ1n) is 16.2. The Labute approximate surface area is 274 Å². The van der Waals surface area contributed by atoms with E-state index in [0.29, 0.717) is 0 Å². The summed E-state index contributed by atoms with van der Waals surface area (Å²) in [6, 6.07) is 65.8. The highest BCUT2D eigenvalue weighted by Crippen LogP contribution is 2.38. The molecule has 9 aromatic rings. The maximum absolute atomic E-state index is 3.71. The van der Waals surface area contributed by atoms with Crippen molar-refractivity contribution in [3.63, 3.8) is 0 Å². The van der Waals surface area contributed by atoms with E-state index in [9.17, 15) is 0 Å². The summed E-state index contributed by atoms with van der Waals surface area (Å²) in [6.07, 6.45) is 0. The highest BCUT2D eigenvalue weighted by molar-refractivity contribution is 6.15. The molecule has 0 saturated heterocycles. The van der Waals surface area contributed by atoms with E-state index in [2.05, 4.69) is 187 Å². The van der Waals surface area contributed by atoms with Gasteiger partial charge < -0.3 is 5.32 Å². The van der Waals surface area contributed by atoms with Gasteiger partial charge in [0.15, 0.2) is 0 Å². The van der Waals surface area contributed by atoms with Gasteiger partial charge in [-0.05, 0) is 101 Å². The number of rotatable bonds is 5. The molecule has 1 N–H and O–H groups in total. The topological polar surface area (TPSA) is 12.0 Å². The lowest BCUT2D eigenvalue weighted by Crippen LogP contribution is -1.93. The monoisotopic (exact) mass is 597 g/mol. The summed E-state index contributed by atoms with van der Waals surface area (Å²) in [7, 11) is 0. The van der Waals surface area contributed by atoms with Crippen LogP contribution in [0.5, 0.6) is 0 Å². The van der Waals surface area contributed by atoms with Crippen LogP contribution in [0.1, 0.15) is 0 Å². The fraction of sp³-hybridized carbons (Fsp3) is 0. The lowest BCUT2D eigenvalue weighted by atomic mass is 9.92. The molecular formula is C46H31N. The van der Waals surface area contributed by atoms with E-state index in [0.717, 1.165) is 11.4 Å². The molecule has 1 nitrogen and oxygen atoms in total. The van der Waals surface area contributed by atoms with Gasteiger partial charge in [-0.25, -0.2) is 0 Å². The fourth-order valence-electron chi connectivity index (χ4n) is 7.15. The minimum Gasteiger partial charge on any atom is -0.355 e. The molecule has 9 aromatic carbocycles. The van der Waals surface area contributed by atoms with Gasteiger partial charge in [0.25, 0.3) is 0 Å². The molecule has 0 unspecified atom stereocenters. The first kappa shape index (κ1) is 27.2. The zero-order valence-corrected chi connectivity index (χ0v) is 25.8. The molecule has 0 heterocycles. The third-order valence-corrected chi connectivity index (χ3v) is 9.44. The summed E-state index contributed by atoms with van der Waals surface area (Å²) >= 11 is 0. The van der Waals surface area contributed by atoms with Gasteiger partial charge in [0.2, 0.25) is 0 Å². The van der Waals surface area contributed by atoms with E-state index in [1.54, 1.807) is 0 Å². The predicted molar refractivity (Wildman–Crippen MR) is 202 cm³/mol. The van der Waals surface area contributed by atoms with E-state index in [1.165, 1.54) is 76.5 Å². The van der Waals surface area contributed by atoms with Crippen molar-refractivity contribution >= 4 is 54.5 Å². The van der Waals surface area contributed by atoms with Crippen LogP contribution in [-0.2, 0) is 0 Å². The van der Waals surface area contributed by atoms with E-state index >= 15 is 0 Å². The standard InChI is InChI=1S/C46H31N/c1-3-13-37-34(11-1)29-44(42-18-7-5-16-40(37)42)32-23-21-31(22-24-32)39-15-9-10-20-46(39)47-36-27-25-33(26-28-36)45-30-35-12-2-4-14-38(35)41-17-6-8-19-43(41)45/h1-30,47H. The van der Waals surface area contributed by atoms with Crippen LogP contribution in [-0.4, -0.2) is 0 Å². The Kier molecular flexibility index (Phi) is 6.54. The molecule has 0 atom stereocenters. The van der Waals surface area contributed by atoms with Gasteiger partial charge in [-0.3, -0.25) is 0 Å². The molecule has 47 heavy (non-hydrogen) atoms. The van der Waals surface area contributed by atoms with Gasteiger partial charge in [0.05, 0.1) is 0 Å². The number of fused-ring (bicyclic) bond motifs is 6. The normalized spacial score (nSPS) is 11.4. The molecule has 1 heteroatoms. The third kappa shape index (κ3) is 4.81. The van der Waals surface area contributed by atoms with Crippen molar-refractivity contribution in [2.24, 2.45) is 0 Å². The number of benzene rings is 9. The van der Waals surface area contributed by atoms with Crippen LogP contribution in [0, 0.1) is 0 Å². The molecule has 220 valence electrons. The van der Waals surface area contributed by atoms with E-state index in [4.69, 9.17) is 0 Å². The Bertz CT molecular complexity index is 2580. The van der Waals surface area contributed by atoms with Crippen molar-refractivity contribution in [2.45, 2.75) is 0 Å². The Hall–Kier alpha value is -6.18. The summed E-state index contributed by atoms with van der Waals surface area (Å²) in [5.74, 6) is 0. The largest absolute Gasteiger partial charge is 0.355 e. The van der Waals surface area contributed by atoms with Gasteiger partial charge in [-0.15, -0.1) is 0 Å². The van der Waals surface area contributed by atoms with Crippen molar-refractivity contribution in [1.29, 1.82) is 0 Å². The molecule has 0 radical (unpaired) electrons. The van der Waals surface area contributed by atoms with Crippen LogP contribution in [0.25, 0.3) is 76.5 Å². The lowest BCUT2D eigenvalue weighted by Gasteiger charge is -2.15. The van der Waals surface area contributed by atoms with Crippen LogP contribution < -0.4 is 5.32 Å². The zero-order valence-electron chi connectivity index (χ0n) is 25.8. The molecular weight excluding hydrogens is 567 g/mol. The SMILES string of the molecule is c1ccc(-c2ccc(-c3cc4ccccc4c4ccccc34)cc2)c(Nc2ccc(-c3cc4ccccc4c4ccccc34)cc2)c1. The molecule has 0 saturated carbocycles. The Morgan fingerprint density at radius 2 is 0.660 bits per heavy atom. The minimum atomic E-state index is 1.06. The molecule has 0 aliphatic rings. The van der Waals surface area contributed by atoms with E-state index in [-0.39, 0.29) is 0 Å². The van der Waals surface area contributed by atoms with Crippen LogP contribution >= 0.6 is 0 Å². The van der Waals surface area contributed by atoms with Crippen LogP contribution in [0.15, 0.2) is 182 Å². The second-order valence-electron chi connectivity index (χ2n) is 12.2. The minimum absolute atomic E-state index is 1.06. The average Bonchev–Trinajstić information content (AvgIpc) is 3.15. The lowest BCUT2D eigenvalue weighted by molar-refractivity contribution is 1.53. The molecule has 0 aromatic heterocycles. The number of nitrogens with one attached hydrogen (secondary N) is 1. The summed E-state index contributed by atoms with van der Waals surface area (Å²) < 4.78 is 0. The second kappa shape index (κ2) is 11.3. The van der Waals surface area contributed by atoms with Crippen LogP contribution in [0.2, 0.25) is 0 Å². The number of hydrogen-bond donors (Lipinski definition) is 1. The highest BCUT2D eigenvalue weighted by Gasteiger charge is 2.12. The zero-order chi connectivity index (χ0) is 31.2. The molecule has 0 spiro atoms. The Balaban J connectivity index is 1.03. The van der Waals surface area contributed by atoms with Crippen molar-refractivity contribution < 1.29 is 0 Å². The number of hydrogen-bond acceptors (Lipinski definition) is 1. The Morgan fingerprint density at radius 3 is 1.19 bits per heavy atom. The van der Waals surface area contributed by atoms with Crippen LogP contribution in [0.3, 0.4) is 0 Å². The summed E-state index contributed by atoms with van der Waals surface area (Å²) in [5, 5.41) is 14.0. The molecule has 9 rings (SSSR count). The maximum atomic E-state index is 3.71. The Morgan fingerprint density at radius 1 is 0.277 bits per heavy atom. The fourth-order valence-corrected chi connectivity index (χ4v) is 7.15. The van der Waals surface area contributed by atoms with Crippen molar-refractivity contribution in [1.82, 2.24) is 0 Å². The van der Waals surface area contributed by atoms with Gasteiger partial charge in [0.1, 0.15) is 0 Å². The predicted octanol–water partition coefficient (Wildman–Crippen LogP) is 13.0. The average molecular weight is 598 g/mol. The van der Waals surface area contributed by atoms with Crippen molar-refractivity contribution in [3.05, 3.63) is 182 Å². The van der Waals surface area contributed by atoms with Gasteiger partial charge in [0, 0.05) is 16.9 Å². The maximum Gasteiger partial charge on any atom is 0.0463 e. The summed E-state index contributed by atoms with van der Waals surface area (Å²) in [6.45, 7) is 0. The molecule has 0 bridgehead atoms. The molecule has 0 aliphatic carbocycles. The first-order valence-corrected chi connectivity index (χ1v) is 16.2. The third-order valence-electron chi connectivity index (χ3n) is 9.44. The van der Waals surface area contributed by atoms with Crippen molar-refractivity contribution in [2.75, 3.05) is 5.32 Å². The van der Waals surface area contributed by atoms with E-state index in [1.807, 2.05) is 0 Å². The van der Waals surface area contributed by atoms with Crippen molar-refractivity contribution in [3.8, 4) is 33.4 Å². The smallest absolute Gasteiger partial charge is 0.0463 e. The van der Waals surface area contributed by atoms with E-state index < -0.39 is 0 Å². The van der Waals surface area contributed by atoms with Gasteiger partial charge in [-0.1, -0.05) is 152 Å². The molecule has 0 fully saturated rings. The van der Waals surface area contributed by atoms with Gasteiger partial charge in [-0.2, -0.15) is 0 Å². The second-order valence-corrected chi connectivity index (χ2v) is 12.2. The van der Waals surface area contributed by atoms with Gasteiger partial charge >= 0.3 is 0 Å². The molecule has 0 aliphatic heterocycles. The van der Waals surface area contributed by atoms with Crippen LogP contribution in [0.4, 0.5) is 11.4 Å². The highest BCUT2D eigenvalue weighted by atomic mass is 14.9. The number of para-hydroxylation sites is 1.